The van der Waals surface area contributed by atoms with Crippen LogP contribution in [0.1, 0.15) is 5.56 Å². The monoisotopic (exact) mass is 250 g/mol. The Hall–Kier alpha value is -2.49. The van der Waals surface area contributed by atoms with Crippen LogP contribution in [0.3, 0.4) is 0 Å². The first-order valence-electron chi connectivity index (χ1n) is 6.13. The molecule has 4 heteroatoms. The summed E-state index contributed by atoms with van der Waals surface area (Å²) in [7, 11) is 1.91. The summed E-state index contributed by atoms with van der Waals surface area (Å²) >= 11 is 0. The smallest absolute Gasteiger partial charge is 0.183 e. The summed E-state index contributed by atoms with van der Waals surface area (Å²) < 4.78 is 1.81. The highest BCUT2D eigenvalue weighted by molar-refractivity contribution is 5.63. The number of aryl methyl sites for hydroxylation is 2. The lowest BCUT2D eigenvalue weighted by Gasteiger charge is -2.03. The Kier molecular flexibility index (Phi) is 2.83. The molecule has 2 aromatic heterocycles. The van der Waals surface area contributed by atoms with Crippen LogP contribution in [0.2, 0.25) is 0 Å². The van der Waals surface area contributed by atoms with Crippen molar-refractivity contribution in [1.82, 2.24) is 19.7 Å². The van der Waals surface area contributed by atoms with Crippen molar-refractivity contribution in [2.24, 2.45) is 7.05 Å². The van der Waals surface area contributed by atoms with E-state index in [-0.39, 0.29) is 0 Å². The van der Waals surface area contributed by atoms with Crippen molar-refractivity contribution in [3.8, 4) is 22.8 Å². The molecule has 19 heavy (non-hydrogen) atoms. The van der Waals surface area contributed by atoms with E-state index in [2.05, 4.69) is 34.1 Å². The van der Waals surface area contributed by atoms with Gasteiger partial charge in [-0.15, -0.1) is 0 Å². The van der Waals surface area contributed by atoms with Crippen LogP contribution >= 0.6 is 0 Å². The third-order valence-electron chi connectivity index (χ3n) is 3.07. The predicted molar refractivity (Wildman–Crippen MR) is 74.4 cm³/mol. The summed E-state index contributed by atoms with van der Waals surface area (Å²) in [4.78, 5) is 8.72. The van der Waals surface area contributed by atoms with Crippen molar-refractivity contribution in [1.29, 1.82) is 0 Å². The summed E-state index contributed by atoms with van der Waals surface area (Å²) in [6, 6.07) is 12.0. The zero-order valence-corrected chi connectivity index (χ0v) is 10.9. The highest BCUT2D eigenvalue weighted by Crippen LogP contribution is 2.23. The molecule has 3 rings (SSSR count). The fraction of sp³-hybridized carbons (Fsp3) is 0.133. The topological polar surface area (TPSA) is 43.6 Å². The molecule has 2 heterocycles. The summed E-state index contributed by atoms with van der Waals surface area (Å²) in [5.41, 5.74) is 3.22. The second-order valence-corrected chi connectivity index (χ2v) is 4.44. The van der Waals surface area contributed by atoms with Gasteiger partial charge in [0.1, 0.15) is 0 Å². The van der Waals surface area contributed by atoms with Gasteiger partial charge in [0.25, 0.3) is 0 Å². The van der Waals surface area contributed by atoms with Crippen LogP contribution in [0, 0.1) is 6.92 Å². The molecule has 0 aliphatic carbocycles. The van der Waals surface area contributed by atoms with Gasteiger partial charge in [0, 0.05) is 30.6 Å². The van der Waals surface area contributed by atoms with E-state index in [0.717, 1.165) is 17.0 Å². The molecule has 0 spiro atoms. The third kappa shape index (κ3) is 2.12. The van der Waals surface area contributed by atoms with Crippen molar-refractivity contribution in [2.75, 3.05) is 0 Å². The van der Waals surface area contributed by atoms with Gasteiger partial charge in [0.05, 0.1) is 0 Å². The lowest BCUT2D eigenvalue weighted by molar-refractivity contribution is 0.776. The quantitative estimate of drug-likeness (QED) is 0.702. The average Bonchev–Trinajstić information content (AvgIpc) is 2.82. The molecule has 4 nitrogen and oxygen atoms in total. The molecule has 0 N–H and O–H groups in total. The van der Waals surface area contributed by atoms with E-state index in [1.807, 2.05) is 36.0 Å². The molecular weight excluding hydrogens is 236 g/mol. The Morgan fingerprint density at radius 2 is 1.89 bits per heavy atom. The van der Waals surface area contributed by atoms with Crippen LogP contribution in [-0.4, -0.2) is 19.7 Å². The molecule has 0 unspecified atom stereocenters. The fourth-order valence-corrected chi connectivity index (χ4v) is 2.06. The average molecular weight is 250 g/mol. The third-order valence-corrected chi connectivity index (χ3v) is 3.07. The van der Waals surface area contributed by atoms with E-state index < -0.39 is 0 Å². The van der Waals surface area contributed by atoms with Gasteiger partial charge in [-0.05, 0) is 24.6 Å². The summed E-state index contributed by atoms with van der Waals surface area (Å²) in [5.74, 6) is 1.57. The maximum Gasteiger partial charge on any atom is 0.183 e. The molecule has 0 amide bonds. The van der Waals surface area contributed by atoms with Gasteiger partial charge in [-0.2, -0.15) is 5.10 Å². The Morgan fingerprint density at radius 1 is 1.05 bits per heavy atom. The van der Waals surface area contributed by atoms with Gasteiger partial charge in [-0.25, -0.2) is 9.67 Å². The summed E-state index contributed by atoms with van der Waals surface area (Å²) in [5, 5.41) is 4.46. The largest absolute Gasteiger partial charge is 0.264 e. The second-order valence-electron chi connectivity index (χ2n) is 4.44. The maximum atomic E-state index is 4.62. The maximum absolute atomic E-state index is 4.62. The first kappa shape index (κ1) is 11.6. The number of aromatic nitrogens is 4. The minimum Gasteiger partial charge on any atom is -0.264 e. The molecule has 0 saturated carbocycles. The highest BCUT2D eigenvalue weighted by Gasteiger charge is 2.12. The molecule has 0 bridgehead atoms. The van der Waals surface area contributed by atoms with Crippen molar-refractivity contribution in [3.63, 3.8) is 0 Å². The SMILES string of the molecule is Cc1ccccc1-c1nc(-c2cccnc2)nn1C. The van der Waals surface area contributed by atoms with Gasteiger partial charge in [-0.1, -0.05) is 24.3 Å². The predicted octanol–water partition coefficient (Wildman–Crippen LogP) is 2.85. The molecule has 0 saturated heterocycles. The minimum atomic E-state index is 0.703. The van der Waals surface area contributed by atoms with Crippen molar-refractivity contribution < 1.29 is 0 Å². The molecule has 94 valence electrons. The Balaban J connectivity index is 2.11. The Morgan fingerprint density at radius 3 is 2.63 bits per heavy atom. The van der Waals surface area contributed by atoms with E-state index >= 15 is 0 Å². The lowest BCUT2D eigenvalue weighted by atomic mass is 10.1. The highest BCUT2D eigenvalue weighted by atomic mass is 15.3. The minimum absolute atomic E-state index is 0.703. The van der Waals surface area contributed by atoms with Gasteiger partial charge in [-0.3, -0.25) is 4.98 Å². The van der Waals surface area contributed by atoms with Gasteiger partial charge >= 0.3 is 0 Å². The molecule has 0 aliphatic heterocycles. The van der Waals surface area contributed by atoms with Crippen molar-refractivity contribution in [3.05, 3.63) is 54.4 Å². The van der Waals surface area contributed by atoms with Crippen LogP contribution in [0.4, 0.5) is 0 Å². The van der Waals surface area contributed by atoms with E-state index in [9.17, 15) is 0 Å². The Bertz CT molecular complexity index is 701. The number of benzene rings is 1. The summed E-state index contributed by atoms with van der Waals surface area (Å²) in [6.07, 6.45) is 3.52. The number of pyridine rings is 1. The first-order valence-corrected chi connectivity index (χ1v) is 6.13. The number of nitrogens with zero attached hydrogens (tertiary/aromatic N) is 4. The van der Waals surface area contributed by atoms with Gasteiger partial charge < -0.3 is 0 Å². The number of hydrogen-bond acceptors (Lipinski definition) is 3. The Labute approximate surface area is 111 Å². The molecule has 1 aromatic carbocycles. The van der Waals surface area contributed by atoms with Gasteiger partial charge in [0.15, 0.2) is 11.6 Å². The van der Waals surface area contributed by atoms with Crippen molar-refractivity contribution in [2.45, 2.75) is 6.92 Å². The van der Waals surface area contributed by atoms with Crippen LogP contribution in [0.15, 0.2) is 48.8 Å². The van der Waals surface area contributed by atoms with E-state index in [4.69, 9.17) is 0 Å². The molecule has 0 radical (unpaired) electrons. The molecular formula is C15H14N4. The summed E-state index contributed by atoms with van der Waals surface area (Å²) in [6.45, 7) is 2.08. The molecule has 0 aliphatic rings. The van der Waals surface area contributed by atoms with Crippen LogP contribution < -0.4 is 0 Å². The van der Waals surface area contributed by atoms with Crippen LogP contribution in [0.5, 0.6) is 0 Å². The molecule has 0 fully saturated rings. The normalized spacial score (nSPS) is 10.6. The lowest BCUT2D eigenvalue weighted by Crippen LogP contribution is -1.95. The van der Waals surface area contributed by atoms with Crippen molar-refractivity contribution >= 4 is 0 Å². The van der Waals surface area contributed by atoms with E-state index in [1.165, 1.54) is 5.56 Å². The number of hydrogen-bond donors (Lipinski definition) is 0. The first-order chi connectivity index (χ1) is 9.25. The van der Waals surface area contributed by atoms with Gasteiger partial charge in [0.2, 0.25) is 0 Å². The zero-order valence-electron chi connectivity index (χ0n) is 10.9. The number of rotatable bonds is 2. The molecule has 3 aromatic rings. The van der Waals surface area contributed by atoms with E-state index in [0.29, 0.717) is 5.82 Å². The van der Waals surface area contributed by atoms with Crippen LogP contribution in [-0.2, 0) is 7.05 Å². The van der Waals surface area contributed by atoms with E-state index in [1.54, 1.807) is 12.4 Å². The second kappa shape index (κ2) is 4.65. The standard InChI is InChI=1S/C15H14N4/c1-11-6-3-4-8-13(11)15-17-14(18-19(15)2)12-7-5-9-16-10-12/h3-10H,1-2H3. The zero-order chi connectivity index (χ0) is 13.2. The van der Waals surface area contributed by atoms with Crippen LogP contribution in [0.25, 0.3) is 22.8 Å². The molecule has 0 atom stereocenters. The fourth-order valence-electron chi connectivity index (χ4n) is 2.06.